The van der Waals surface area contributed by atoms with E-state index in [0.717, 1.165) is 55.8 Å². The molecule has 2 heterocycles. The molecule has 0 unspecified atom stereocenters. The van der Waals surface area contributed by atoms with Crippen LogP contribution in [-0.2, 0) is 4.79 Å². The van der Waals surface area contributed by atoms with E-state index in [1.54, 1.807) is 0 Å². The summed E-state index contributed by atoms with van der Waals surface area (Å²) in [5.74, 6) is 1.28. The van der Waals surface area contributed by atoms with Crippen LogP contribution in [0.2, 0.25) is 0 Å². The third-order valence-electron chi connectivity index (χ3n) is 5.05. The van der Waals surface area contributed by atoms with Crippen molar-refractivity contribution < 1.29 is 4.79 Å². The number of carbonyl (C=O) groups excluding carboxylic acids is 1. The van der Waals surface area contributed by atoms with Crippen molar-refractivity contribution in [1.82, 2.24) is 10.3 Å². The summed E-state index contributed by atoms with van der Waals surface area (Å²) in [5, 5.41) is 12.6. The standard InChI is InChI=1S/C18H24N4O/c1-12-10-13(2)20-17(16(12)11-19)22-8-6-15(7-9-22)21-18(23)14-4-3-5-14/h10,14-15H,3-9H2,1-2H3,(H,21,23). The van der Waals surface area contributed by atoms with Crippen molar-refractivity contribution in [2.75, 3.05) is 18.0 Å². The van der Waals surface area contributed by atoms with Crippen molar-refractivity contribution in [3.05, 3.63) is 22.9 Å². The van der Waals surface area contributed by atoms with Crippen LogP contribution in [0.25, 0.3) is 0 Å². The first kappa shape index (κ1) is 15.8. The molecule has 0 radical (unpaired) electrons. The number of anilines is 1. The fraction of sp³-hybridized carbons (Fsp3) is 0.611. The van der Waals surface area contributed by atoms with Gasteiger partial charge in [0.25, 0.3) is 0 Å². The average Bonchev–Trinajstić information content (AvgIpc) is 2.45. The fourth-order valence-electron chi connectivity index (χ4n) is 3.41. The van der Waals surface area contributed by atoms with Gasteiger partial charge in [-0.2, -0.15) is 5.26 Å². The molecule has 23 heavy (non-hydrogen) atoms. The molecule has 1 aliphatic carbocycles. The number of aryl methyl sites for hydroxylation is 2. The number of aromatic nitrogens is 1. The van der Waals surface area contributed by atoms with Gasteiger partial charge in [-0.25, -0.2) is 4.98 Å². The zero-order chi connectivity index (χ0) is 16.4. The Labute approximate surface area is 137 Å². The number of rotatable bonds is 3. The van der Waals surface area contributed by atoms with Gasteiger partial charge in [-0.1, -0.05) is 6.42 Å². The molecule has 0 aromatic carbocycles. The lowest BCUT2D eigenvalue weighted by Crippen LogP contribution is -2.47. The van der Waals surface area contributed by atoms with Gasteiger partial charge < -0.3 is 10.2 Å². The van der Waals surface area contributed by atoms with Crippen LogP contribution in [0.15, 0.2) is 6.07 Å². The van der Waals surface area contributed by atoms with Crippen molar-refractivity contribution in [1.29, 1.82) is 5.26 Å². The monoisotopic (exact) mass is 312 g/mol. The Bertz CT molecular complexity index is 637. The van der Waals surface area contributed by atoms with E-state index >= 15 is 0 Å². The summed E-state index contributed by atoms with van der Waals surface area (Å²) >= 11 is 0. The van der Waals surface area contributed by atoms with Gasteiger partial charge in [0.15, 0.2) is 0 Å². The van der Waals surface area contributed by atoms with E-state index in [-0.39, 0.29) is 17.9 Å². The van der Waals surface area contributed by atoms with Crippen LogP contribution in [0.4, 0.5) is 5.82 Å². The van der Waals surface area contributed by atoms with Gasteiger partial charge in [0.05, 0.1) is 5.56 Å². The number of nitriles is 1. The normalized spacial score (nSPS) is 19.1. The number of hydrogen-bond donors (Lipinski definition) is 1. The zero-order valence-corrected chi connectivity index (χ0v) is 13.9. The van der Waals surface area contributed by atoms with Gasteiger partial charge in [-0.15, -0.1) is 0 Å². The molecule has 1 saturated heterocycles. The van der Waals surface area contributed by atoms with Crippen LogP contribution in [0.1, 0.15) is 48.9 Å². The largest absolute Gasteiger partial charge is 0.355 e. The van der Waals surface area contributed by atoms with Crippen LogP contribution in [0.3, 0.4) is 0 Å². The maximum Gasteiger partial charge on any atom is 0.223 e. The number of nitrogens with one attached hydrogen (secondary N) is 1. The highest BCUT2D eigenvalue weighted by molar-refractivity contribution is 5.79. The Hall–Kier alpha value is -2.09. The van der Waals surface area contributed by atoms with Gasteiger partial charge in [0.2, 0.25) is 5.91 Å². The maximum absolute atomic E-state index is 12.1. The second-order valence-electron chi connectivity index (χ2n) is 6.79. The van der Waals surface area contributed by atoms with Crippen molar-refractivity contribution >= 4 is 11.7 Å². The number of amides is 1. The second-order valence-corrected chi connectivity index (χ2v) is 6.79. The van der Waals surface area contributed by atoms with Crippen molar-refractivity contribution in [3.63, 3.8) is 0 Å². The Morgan fingerprint density at radius 3 is 2.57 bits per heavy atom. The second kappa shape index (κ2) is 6.57. The van der Waals surface area contributed by atoms with Crippen LogP contribution in [0.5, 0.6) is 0 Å². The Balaban J connectivity index is 1.63. The lowest BCUT2D eigenvalue weighted by molar-refractivity contribution is -0.128. The van der Waals surface area contributed by atoms with E-state index in [9.17, 15) is 10.1 Å². The lowest BCUT2D eigenvalue weighted by Gasteiger charge is -2.35. The highest BCUT2D eigenvalue weighted by Gasteiger charge is 2.29. The smallest absolute Gasteiger partial charge is 0.223 e. The molecule has 3 rings (SSSR count). The summed E-state index contributed by atoms with van der Waals surface area (Å²) < 4.78 is 0. The predicted molar refractivity (Wildman–Crippen MR) is 89.1 cm³/mol. The molecule has 1 saturated carbocycles. The van der Waals surface area contributed by atoms with Crippen LogP contribution in [0, 0.1) is 31.1 Å². The Morgan fingerprint density at radius 2 is 2.00 bits per heavy atom. The van der Waals surface area contributed by atoms with E-state index < -0.39 is 0 Å². The molecule has 5 nitrogen and oxygen atoms in total. The third-order valence-corrected chi connectivity index (χ3v) is 5.05. The molecule has 0 atom stereocenters. The van der Waals surface area contributed by atoms with E-state index in [1.165, 1.54) is 6.42 Å². The predicted octanol–water partition coefficient (Wildman–Crippen LogP) is 2.46. The summed E-state index contributed by atoms with van der Waals surface area (Å²) in [6, 6.07) is 4.50. The number of pyridine rings is 1. The first-order chi connectivity index (χ1) is 11.1. The molecule has 1 amide bonds. The number of carbonyl (C=O) groups is 1. The van der Waals surface area contributed by atoms with E-state index in [0.29, 0.717) is 5.56 Å². The Morgan fingerprint density at radius 1 is 1.30 bits per heavy atom. The average molecular weight is 312 g/mol. The maximum atomic E-state index is 12.1. The quantitative estimate of drug-likeness (QED) is 0.931. The number of piperidine rings is 1. The highest BCUT2D eigenvalue weighted by Crippen LogP contribution is 2.28. The molecule has 2 aliphatic rings. The van der Waals surface area contributed by atoms with Crippen LogP contribution >= 0.6 is 0 Å². The van der Waals surface area contributed by atoms with Gasteiger partial charge in [0, 0.05) is 30.7 Å². The molecule has 1 aliphatic heterocycles. The number of nitrogens with zero attached hydrogens (tertiary/aromatic N) is 3. The molecular formula is C18H24N4O. The molecule has 1 N–H and O–H groups in total. The molecule has 1 aromatic rings. The molecule has 0 bridgehead atoms. The van der Waals surface area contributed by atoms with Crippen molar-refractivity contribution in [2.45, 2.75) is 52.0 Å². The minimum Gasteiger partial charge on any atom is -0.355 e. The van der Waals surface area contributed by atoms with Gasteiger partial charge in [-0.3, -0.25) is 4.79 Å². The van der Waals surface area contributed by atoms with Crippen LogP contribution in [-0.4, -0.2) is 30.0 Å². The third kappa shape index (κ3) is 3.31. The van der Waals surface area contributed by atoms with Crippen LogP contribution < -0.4 is 10.2 Å². The SMILES string of the molecule is Cc1cc(C)c(C#N)c(N2CCC(NC(=O)C3CCC3)CC2)n1. The number of hydrogen-bond acceptors (Lipinski definition) is 4. The Kier molecular flexibility index (Phi) is 4.51. The summed E-state index contributed by atoms with van der Waals surface area (Å²) in [6.07, 6.45) is 5.10. The van der Waals surface area contributed by atoms with Crippen molar-refractivity contribution in [2.24, 2.45) is 5.92 Å². The first-order valence-corrected chi connectivity index (χ1v) is 8.52. The van der Waals surface area contributed by atoms with Gasteiger partial charge in [-0.05, 0) is 51.2 Å². The molecule has 2 fully saturated rings. The van der Waals surface area contributed by atoms with Crippen molar-refractivity contribution in [3.8, 4) is 6.07 Å². The molecule has 5 heteroatoms. The summed E-state index contributed by atoms with van der Waals surface area (Å²) in [4.78, 5) is 18.8. The van der Waals surface area contributed by atoms with Gasteiger partial charge >= 0.3 is 0 Å². The zero-order valence-electron chi connectivity index (χ0n) is 13.9. The van der Waals surface area contributed by atoms with Gasteiger partial charge in [0.1, 0.15) is 11.9 Å². The fourth-order valence-corrected chi connectivity index (χ4v) is 3.41. The molecule has 122 valence electrons. The van der Waals surface area contributed by atoms with E-state index in [2.05, 4.69) is 21.3 Å². The topological polar surface area (TPSA) is 69.0 Å². The summed E-state index contributed by atoms with van der Waals surface area (Å²) in [5.41, 5.74) is 2.60. The first-order valence-electron chi connectivity index (χ1n) is 8.52. The minimum atomic E-state index is 0.233. The lowest BCUT2D eigenvalue weighted by atomic mass is 9.84. The molecular weight excluding hydrogens is 288 g/mol. The molecule has 0 spiro atoms. The summed E-state index contributed by atoms with van der Waals surface area (Å²) in [6.45, 7) is 5.59. The molecule has 1 aromatic heterocycles. The summed E-state index contributed by atoms with van der Waals surface area (Å²) in [7, 11) is 0. The highest BCUT2D eigenvalue weighted by atomic mass is 16.2. The minimum absolute atomic E-state index is 0.233. The van der Waals surface area contributed by atoms with E-state index in [1.807, 2.05) is 19.9 Å². The van der Waals surface area contributed by atoms with E-state index in [4.69, 9.17) is 0 Å².